The highest BCUT2D eigenvalue weighted by Crippen LogP contribution is 2.32. The van der Waals surface area contributed by atoms with Crippen molar-refractivity contribution in [3.05, 3.63) is 0 Å². The first kappa shape index (κ1) is 14.1. The summed E-state index contributed by atoms with van der Waals surface area (Å²) >= 11 is 0. The monoisotopic (exact) mass is 216 g/mol. The lowest BCUT2D eigenvalue weighted by Gasteiger charge is -2.27. The zero-order chi connectivity index (χ0) is 11.0. The van der Waals surface area contributed by atoms with Crippen molar-refractivity contribution in [2.45, 2.75) is 52.0 Å². The molecule has 1 N–H and O–H groups in total. The summed E-state index contributed by atoms with van der Waals surface area (Å²) in [6.07, 6.45) is 3.05. The van der Waals surface area contributed by atoms with Gasteiger partial charge in [-0.15, -0.1) is 0 Å². The molecule has 0 saturated carbocycles. The van der Waals surface area contributed by atoms with Crippen LogP contribution in [0, 0.1) is 5.92 Å². The van der Waals surface area contributed by atoms with Crippen molar-refractivity contribution in [3.8, 4) is 0 Å². The van der Waals surface area contributed by atoms with Gasteiger partial charge in [0, 0.05) is 13.2 Å². The molecule has 0 aromatic rings. The predicted octanol–water partition coefficient (Wildman–Crippen LogP) is 2.64. The van der Waals surface area contributed by atoms with Gasteiger partial charge in [-0.3, -0.25) is 0 Å². The Balaban J connectivity index is 3.35. The molecule has 0 amide bonds. The van der Waals surface area contributed by atoms with Crippen LogP contribution < -0.4 is 0 Å². The summed E-state index contributed by atoms with van der Waals surface area (Å²) < 4.78 is 5.65. The normalized spacial score (nSPS) is 12.4. The van der Waals surface area contributed by atoms with Crippen LogP contribution in [-0.2, 0) is 4.43 Å². The first-order chi connectivity index (χ1) is 6.50. The van der Waals surface area contributed by atoms with Crippen molar-refractivity contribution in [1.82, 2.24) is 0 Å². The molecule has 0 aliphatic carbocycles. The lowest BCUT2D eigenvalue weighted by Crippen LogP contribution is -2.22. The summed E-state index contributed by atoms with van der Waals surface area (Å²) in [5, 5.41) is 8.89. The van der Waals surface area contributed by atoms with Crippen LogP contribution in [0.1, 0.15) is 47.0 Å². The molecule has 84 valence electrons. The average Bonchev–Trinajstić information content (AvgIpc) is 2.10. The highest BCUT2D eigenvalue weighted by Gasteiger charge is 2.24. The Morgan fingerprint density at radius 1 is 1.21 bits per heavy atom. The molecule has 0 atom stereocenters. The molecule has 0 bridgehead atoms. The van der Waals surface area contributed by atoms with Crippen molar-refractivity contribution in [3.63, 3.8) is 0 Å². The highest BCUT2D eigenvalue weighted by molar-refractivity contribution is 6.32. The summed E-state index contributed by atoms with van der Waals surface area (Å²) in [4.78, 5) is 0. The van der Waals surface area contributed by atoms with Crippen LogP contribution in [0.25, 0.3) is 0 Å². The van der Waals surface area contributed by atoms with Crippen LogP contribution in [0.5, 0.6) is 0 Å². The van der Waals surface area contributed by atoms with Gasteiger partial charge in [0.25, 0.3) is 0 Å². The minimum absolute atomic E-state index is 0.303. The average molecular weight is 216 g/mol. The van der Waals surface area contributed by atoms with Crippen LogP contribution in [0.4, 0.5) is 0 Å². The quantitative estimate of drug-likeness (QED) is 0.499. The minimum atomic E-state index is 0.303. The number of aliphatic hydroxyl groups excluding tert-OH is 1. The van der Waals surface area contributed by atoms with Crippen molar-refractivity contribution >= 4 is 9.76 Å². The predicted molar refractivity (Wildman–Crippen MR) is 61.5 cm³/mol. The third-order valence-electron chi connectivity index (χ3n) is 2.68. The van der Waals surface area contributed by atoms with Gasteiger partial charge in [0.05, 0.1) is 0 Å². The molecule has 2 radical (unpaired) electrons. The van der Waals surface area contributed by atoms with Gasteiger partial charge in [-0.1, -0.05) is 27.7 Å². The van der Waals surface area contributed by atoms with Crippen LogP contribution in [-0.4, -0.2) is 28.1 Å². The maximum atomic E-state index is 8.59. The van der Waals surface area contributed by atoms with Crippen molar-refractivity contribution in [2.24, 2.45) is 5.92 Å². The van der Waals surface area contributed by atoms with Gasteiger partial charge in [-0.2, -0.15) is 0 Å². The Bertz CT molecular complexity index is 135. The SMILES string of the molecule is CC(C)C(C)(C)[Si]OCCCCCO. The second-order valence-corrected chi connectivity index (χ2v) is 6.39. The molecule has 3 heteroatoms. The Labute approximate surface area is 91.0 Å². The second-order valence-electron chi connectivity index (χ2n) is 4.61. The summed E-state index contributed by atoms with van der Waals surface area (Å²) in [6, 6.07) is 0. The number of unbranched alkanes of at least 4 members (excludes halogenated alkanes) is 2. The van der Waals surface area contributed by atoms with Crippen LogP contribution in [0.3, 0.4) is 0 Å². The molecule has 14 heavy (non-hydrogen) atoms. The number of aliphatic hydroxyl groups is 1. The Morgan fingerprint density at radius 3 is 2.36 bits per heavy atom. The fourth-order valence-corrected chi connectivity index (χ4v) is 1.67. The van der Waals surface area contributed by atoms with Crippen molar-refractivity contribution < 1.29 is 9.53 Å². The molecule has 0 aromatic carbocycles. The molecule has 0 spiro atoms. The number of rotatable bonds is 8. The van der Waals surface area contributed by atoms with E-state index in [2.05, 4.69) is 27.7 Å². The van der Waals surface area contributed by atoms with Crippen molar-refractivity contribution in [2.75, 3.05) is 13.2 Å². The van der Waals surface area contributed by atoms with E-state index >= 15 is 0 Å². The topological polar surface area (TPSA) is 29.5 Å². The highest BCUT2D eigenvalue weighted by atomic mass is 28.2. The maximum Gasteiger partial charge on any atom is 0.236 e. The molecule has 0 unspecified atom stereocenters. The van der Waals surface area contributed by atoms with E-state index < -0.39 is 0 Å². The smallest absolute Gasteiger partial charge is 0.236 e. The molecule has 0 rings (SSSR count). The van der Waals surface area contributed by atoms with E-state index in [4.69, 9.17) is 9.53 Å². The largest absolute Gasteiger partial charge is 0.417 e. The van der Waals surface area contributed by atoms with E-state index in [-0.39, 0.29) is 0 Å². The Hall–Kier alpha value is 0.137. The molecule has 0 saturated heterocycles. The Kier molecular flexibility index (Phi) is 7.50. The zero-order valence-electron chi connectivity index (χ0n) is 9.97. The summed E-state index contributed by atoms with van der Waals surface area (Å²) in [7, 11) is 0.589. The van der Waals surface area contributed by atoms with Crippen LogP contribution in [0.15, 0.2) is 0 Å². The van der Waals surface area contributed by atoms with Gasteiger partial charge < -0.3 is 9.53 Å². The van der Waals surface area contributed by atoms with E-state index in [0.717, 1.165) is 25.9 Å². The van der Waals surface area contributed by atoms with E-state index in [1.165, 1.54) is 0 Å². The van der Waals surface area contributed by atoms with Crippen LogP contribution >= 0.6 is 0 Å². The standard InChI is InChI=1S/C11H24O2Si/c1-10(2)11(3,4)14-13-9-7-5-6-8-12/h10,12H,5-9H2,1-4H3. The third-order valence-corrected chi connectivity index (χ3v) is 4.14. The molecule has 0 aromatic heterocycles. The molecule has 0 aliphatic rings. The summed E-state index contributed by atoms with van der Waals surface area (Å²) in [6.45, 7) is 10.1. The summed E-state index contributed by atoms with van der Waals surface area (Å²) in [5.74, 6) is 0.665. The van der Waals surface area contributed by atoms with E-state index in [9.17, 15) is 0 Å². The van der Waals surface area contributed by atoms with Crippen LogP contribution in [0.2, 0.25) is 5.04 Å². The fourth-order valence-electron chi connectivity index (χ4n) is 0.818. The first-order valence-electron chi connectivity index (χ1n) is 5.50. The van der Waals surface area contributed by atoms with Gasteiger partial charge in [0.15, 0.2) is 0 Å². The first-order valence-corrected chi connectivity index (χ1v) is 6.41. The fraction of sp³-hybridized carbons (Fsp3) is 1.00. The summed E-state index contributed by atoms with van der Waals surface area (Å²) in [5.41, 5.74) is 0. The maximum absolute atomic E-state index is 8.59. The molecule has 0 heterocycles. The Morgan fingerprint density at radius 2 is 1.86 bits per heavy atom. The van der Waals surface area contributed by atoms with Crippen molar-refractivity contribution in [1.29, 1.82) is 0 Å². The second kappa shape index (κ2) is 7.43. The molecular weight excluding hydrogens is 192 g/mol. The number of hydrogen-bond donors (Lipinski definition) is 1. The number of hydrogen-bond acceptors (Lipinski definition) is 2. The van der Waals surface area contributed by atoms with Gasteiger partial charge in [-0.25, -0.2) is 0 Å². The molecule has 0 fully saturated rings. The van der Waals surface area contributed by atoms with E-state index in [0.29, 0.717) is 27.3 Å². The van der Waals surface area contributed by atoms with E-state index in [1.54, 1.807) is 0 Å². The van der Waals surface area contributed by atoms with Gasteiger partial charge in [0.2, 0.25) is 9.76 Å². The van der Waals surface area contributed by atoms with Gasteiger partial charge in [-0.05, 0) is 30.2 Å². The lowest BCUT2D eigenvalue weighted by atomic mass is 9.99. The molecule has 0 aliphatic heterocycles. The van der Waals surface area contributed by atoms with Gasteiger partial charge >= 0.3 is 0 Å². The molecular formula is C11H24O2Si. The van der Waals surface area contributed by atoms with E-state index in [1.807, 2.05) is 0 Å². The molecule has 2 nitrogen and oxygen atoms in total. The minimum Gasteiger partial charge on any atom is -0.417 e. The third kappa shape index (κ3) is 6.57. The zero-order valence-corrected chi connectivity index (χ0v) is 11.0. The lowest BCUT2D eigenvalue weighted by molar-refractivity contribution is 0.262. The van der Waals surface area contributed by atoms with Gasteiger partial charge in [0.1, 0.15) is 0 Å².